The summed E-state index contributed by atoms with van der Waals surface area (Å²) < 4.78 is 5.69. The van der Waals surface area contributed by atoms with E-state index >= 15 is 0 Å². The molecule has 1 heterocycles. The van der Waals surface area contributed by atoms with Crippen molar-refractivity contribution in [3.05, 3.63) is 50.7 Å². The average molecular weight is 290 g/mol. The maximum Gasteiger partial charge on any atom is 0.349 e. The molecular formula is C16H18O3S. The highest BCUT2D eigenvalue weighted by Gasteiger charge is 2.16. The largest absolute Gasteiger partial charge is 0.487 e. The van der Waals surface area contributed by atoms with E-state index in [9.17, 15) is 9.90 Å². The molecule has 4 heteroatoms. The van der Waals surface area contributed by atoms with Crippen LogP contribution in [0.5, 0.6) is 5.75 Å². The third kappa shape index (κ3) is 3.20. The molecule has 0 unspecified atom stereocenters. The van der Waals surface area contributed by atoms with E-state index < -0.39 is 5.97 Å². The molecule has 3 nitrogen and oxygen atoms in total. The minimum Gasteiger partial charge on any atom is -0.487 e. The van der Waals surface area contributed by atoms with Crippen molar-refractivity contribution in [2.45, 2.75) is 33.8 Å². The van der Waals surface area contributed by atoms with Crippen molar-refractivity contribution in [2.75, 3.05) is 0 Å². The SMILES string of the molecule is CCc1cc(OCc2ccc(C)c(C)c2)c(C(=O)O)s1. The van der Waals surface area contributed by atoms with E-state index in [0.29, 0.717) is 12.4 Å². The summed E-state index contributed by atoms with van der Waals surface area (Å²) in [5.41, 5.74) is 3.50. The maximum absolute atomic E-state index is 11.2. The number of aryl methyl sites for hydroxylation is 3. The number of carboxylic acids is 1. The fourth-order valence-corrected chi connectivity index (χ4v) is 2.79. The Morgan fingerprint density at radius 3 is 2.60 bits per heavy atom. The van der Waals surface area contributed by atoms with Crippen LogP contribution in [0.3, 0.4) is 0 Å². The van der Waals surface area contributed by atoms with Crippen molar-refractivity contribution in [2.24, 2.45) is 0 Å². The first kappa shape index (κ1) is 14.6. The first-order valence-corrected chi connectivity index (χ1v) is 7.37. The first-order chi connectivity index (χ1) is 9.51. The Labute approximate surface area is 122 Å². The maximum atomic E-state index is 11.2. The number of benzene rings is 1. The van der Waals surface area contributed by atoms with Gasteiger partial charge in [0.05, 0.1) is 0 Å². The molecule has 0 fully saturated rings. The third-order valence-corrected chi connectivity index (χ3v) is 4.51. The summed E-state index contributed by atoms with van der Waals surface area (Å²) in [6.07, 6.45) is 0.817. The van der Waals surface area contributed by atoms with E-state index in [2.05, 4.69) is 26.0 Å². The minimum atomic E-state index is -0.926. The first-order valence-electron chi connectivity index (χ1n) is 6.56. The van der Waals surface area contributed by atoms with Gasteiger partial charge in [-0.1, -0.05) is 25.1 Å². The van der Waals surface area contributed by atoms with Crippen LogP contribution in [0.2, 0.25) is 0 Å². The number of thiophene rings is 1. The van der Waals surface area contributed by atoms with Crippen LogP contribution in [-0.4, -0.2) is 11.1 Å². The molecule has 0 atom stereocenters. The molecule has 1 aromatic carbocycles. The molecule has 0 spiro atoms. The Kier molecular flexibility index (Phi) is 4.45. The van der Waals surface area contributed by atoms with Gasteiger partial charge < -0.3 is 9.84 Å². The van der Waals surface area contributed by atoms with Gasteiger partial charge in [-0.3, -0.25) is 0 Å². The smallest absolute Gasteiger partial charge is 0.349 e. The van der Waals surface area contributed by atoms with Crippen LogP contribution < -0.4 is 4.74 Å². The molecule has 0 saturated carbocycles. The molecule has 0 aliphatic rings. The van der Waals surface area contributed by atoms with Crippen LogP contribution in [0.25, 0.3) is 0 Å². The van der Waals surface area contributed by atoms with E-state index in [1.54, 1.807) is 0 Å². The van der Waals surface area contributed by atoms with Crippen molar-refractivity contribution < 1.29 is 14.6 Å². The second-order valence-electron chi connectivity index (χ2n) is 4.77. The predicted molar refractivity (Wildman–Crippen MR) is 80.9 cm³/mol. The van der Waals surface area contributed by atoms with Gasteiger partial charge in [-0.25, -0.2) is 4.79 Å². The topological polar surface area (TPSA) is 46.5 Å². The summed E-state index contributed by atoms with van der Waals surface area (Å²) in [4.78, 5) is 12.5. The fraction of sp³-hybridized carbons (Fsp3) is 0.312. The van der Waals surface area contributed by atoms with Crippen molar-refractivity contribution in [3.8, 4) is 5.75 Å². The highest BCUT2D eigenvalue weighted by atomic mass is 32.1. The highest BCUT2D eigenvalue weighted by Crippen LogP contribution is 2.30. The average Bonchev–Trinajstić information content (AvgIpc) is 2.84. The molecule has 0 aliphatic carbocycles. The molecule has 0 radical (unpaired) electrons. The van der Waals surface area contributed by atoms with Gasteiger partial charge >= 0.3 is 5.97 Å². The third-order valence-electron chi connectivity index (χ3n) is 3.26. The molecule has 2 rings (SSSR count). The van der Waals surface area contributed by atoms with Gasteiger partial charge in [-0.05, 0) is 43.0 Å². The number of ether oxygens (including phenoxy) is 1. The number of aromatic carboxylic acids is 1. The van der Waals surface area contributed by atoms with Gasteiger partial charge in [0.25, 0.3) is 0 Å². The van der Waals surface area contributed by atoms with Crippen LogP contribution in [0.4, 0.5) is 0 Å². The van der Waals surface area contributed by atoms with E-state index in [1.807, 2.05) is 19.1 Å². The van der Waals surface area contributed by atoms with E-state index in [0.717, 1.165) is 16.9 Å². The molecule has 0 aliphatic heterocycles. The van der Waals surface area contributed by atoms with Crippen molar-refractivity contribution in [1.82, 2.24) is 0 Å². The Hall–Kier alpha value is -1.81. The summed E-state index contributed by atoms with van der Waals surface area (Å²) >= 11 is 1.28. The number of carboxylic acid groups (broad SMARTS) is 1. The molecule has 0 amide bonds. The standard InChI is InChI=1S/C16H18O3S/c1-4-13-8-14(15(20-13)16(17)18)19-9-12-6-5-10(2)11(3)7-12/h5-8H,4,9H2,1-3H3,(H,17,18). The van der Waals surface area contributed by atoms with Crippen LogP contribution in [0, 0.1) is 13.8 Å². The fourth-order valence-electron chi connectivity index (χ4n) is 1.91. The lowest BCUT2D eigenvalue weighted by molar-refractivity contribution is 0.0697. The normalized spacial score (nSPS) is 10.6. The molecule has 106 valence electrons. The van der Waals surface area contributed by atoms with Crippen LogP contribution in [0.1, 0.15) is 38.2 Å². The Bertz CT molecular complexity index is 629. The van der Waals surface area contributed by atoms with Crippen LogP contribution in [-0.2, 0) is 13.0 Å². The highest BCUT2D eigenvalue weighted by molar-refractivity contribution is 7.14. The summed E-state index contributed by atoms with van der Waals surface area (Å²) in [6, 6.07) is 7.96. The Morgan fingerprint density at radius 1 is 1.25 bits per heavy atom. The second-order valence-corrected chi connectivity index (χ2v) is 5.91. The molecule has 2 aromatic rings. The van der Waals surface area contributed by atoms with Gasteiger partial charge in [0, 0.05) is 4.88 Å². The van der Waals surface area contributed by atoms with Gasteiger partial charge in [-0.15, -0.1) is 11.3 Å². The minimum absolute atomic E-state index is 0.283. The van der Waals surface area contributed by atoms with Gasteiger partial charge in [0.15, 0.2) is 4.88 Å². The molecule has 0 saturated heterocycles. The summed E-state index contributed by atoms with van der Waals surface area (Å²) in [7, 11) is 0. The zero-order valence-corrected chi connectivity index (χ0v) is 12.7. The van der Waals surface area contributed by atoms with Crippen LogP contribution >= 0.6 is 11.3 Å². The monoisotopic (exact) mass is 290 g/mol. The van der Waals surface area contributed by atoms with Gasteiger partial charge in [0.1, 0.15) is 12.4 Å². The quantitative estimate of drug-likeness (QED) is 0.897. The zero-order chi connectivity index (χ0) is 14.7. The molecule has 20 heavy (non-hydrogen) atoms. The molecular weight excluding hydrogens is 272 g/mol. The Balaban J connectivity index is 2.15. The van der Waals surface area contributed by atoms with Crippen molar-refractivity contribution in [1.29, 1.82) is 0 Å². The Morgan fingerprint density at radius 2 is 2.00 bits per heavy atom. The van der Waals surface area contributed by atoms with Crippen molar-refractivity contribution >= 4 is 17.3 Å². The predicted octanol–water partition coefficient (Wildman–Crippen LogP) is 4.20. The molecule has 1 aromatic heterocycles. The lowest BCUT2D eigenvalue weighted by Crippen LogP contribution is -2.00. The van der Waals surface area contributed by atoms with E-state index in [-0.39, 0.29) is 4.88 Å². The van der Waals surface area contributed by atoms with Gasteiger partial charge in [0.2, 0.25) is 0 Å². The van der Waals surface area contributed by atoms with Gasteiger partial charge in [-0.2, -0.15) is 0 Å². The summed E-state index contributed by atoms with van der Waals surface area (Å²) in [6.45, 7) is 6.52. The lowest BCUT2D eigenvalue weighted by atomic mass is 10.1. The number of hydrogen-bond acceptors (Lipinski definition) is 3. The molecule has 1 N–H and O–H groups in total. The molecule has 0 bridgehead atoms. The van der Waals surface area contributed by atoms with Crippen LogP contribution in [0.15, 0.2) is 24.3 Å². The number of hydrogen-bond donors (Lipinski definition) is 1. The number of rotatable bonds is 5. The summed E-state index contributed by atoms with van der Waals surface area (Å²) in [5.74, 6) is -0.456. The number of carbonyl (C=O) groups is 1. The van der Waals surface area contributed by atoms with E-state index in [1.165, 1.54) is 22.5 Å². The van der Waals surface area contributed by atoms with E-state index in [4.69, 9.17) is 4.74 Å². The second kappa shape index (κ2) is 6.09. The van der Waals surface area contributed by atoms with Crippen molar-refractivity contribution in [3.63, 3.8) is 0 Å². The lowest BCUT2D eigenvalue weighted by Gasteiger charge is -2.07. The summed E-state index contributed by atoms with van der Waals surface area (Å²) in [5, 5.41) is 9.18. The zero-order valence-electron chi connectivity index (χ0n) is 11.9.